The molecule has 1 aliphatic carbocycles. The lowest BCUT2D eigenvalue weighted by Crippen LogP contribution is -2.21. The Morgan fingerprint density at radius 1 is 1.16 bits per heavy atom. The number of hydrogen-bond acceptors (Lipinski definition) is 4. The summed E-state index contributed by atoms with van der Waals surface area (Å²) >= 11 is 0. The van der Waals surface area contributed by atoms with Crippen LogP contribution in [-0.2, 0) is 24.1 Å². The number of amides is 2. The number of hydrogen-bond donors (Lipinski definition) is 3. The van der Waals surface area contributed by atoms with Gasteiger partial charge in [-0.25, -0.2) is 0 Å². The van der Waals surface area contributed by atoms with Gasteiger partial charge in [0.25, 0.3) is 0 Å². The van der Waals surface area contributed by atoms with Gasteiger partial charge in [0.05, 0.1) is 23.5 Å². The number of benzene rings is 2. The lowest BCUT2D eigenvalue weighted by molar-refractivity contribution is -0.116. The molecule has 0 spiro atoms. The van der Waals surface area contributed by atoms with E-state index in [-0.39, 0.29) is 5.91 Å². The highest BCUT2D eigenvalue weighted by Crippen LogP contribution is 2.42. The van der Waals surface area contributed by atoms with E-state index in [2.05, 4.69) is 22.2 Å². The van der Waals surface area contributed by atoms with Crippen molar-refractivity contribution in [2.45, 2.75) is 32.6 Å². The number of nitrogens with zero attached hydrogens (tertiary/aromatic N) is 3. The fourth-order valence-electron chi connectivity index (χ4n) is 5.10. The Kier molecular flexibility index (Phi) is 3.77. The van der Waals surface area contributed by atoms with Crippen molar-refractivity contribution in [2.24, 2.45) is 5.73 Å². The average Bonchev–Trinajstić information content (AvgIpc) is 3.33. The van der Waals surface area contributed by atoms with Gasteiger partial charge in [0.2, 0.25) is 11.8 Å². The minimum Gasteiger partial charge on any atom is -0.366 e. The Morgan fingerprint density at radius 3 is 2.78 bits per heavy atom. The highest BCUT2D eigenvalue weighted by molar-refractivity contribution is 6.10. The van der Waals surface area contributed by atoms with Crippen LogP contribution in [0.25, 0.3) is 22.3 Å². The van der Waals surface area contributed by atoms with Gasteiger partial charge in [-0.05, 0) is 67.6 Å². The minimum absolute atomic E-state index is 0.0276. The van der Waals surface area contributed by atoms with E-state index >= 15 is 0 Å². The van der Waals surface area contributed by atoms with Gasteiger partial charge in [-0.3, -0.25) is 14.5 Å². The lowest BCUT2D eigenvalue weighted by Gasteiger charge is -2.18. The van der Waals surface area contributed by atoms with Crippen LogP contribution in [0.5, 0.6) is 0 Å². The Balaban J connectivity index is 1.54. The highest BCUT2D eigenvalue weighted by Gasteiger charge is 2.31. The number of aromatic nitrogens is 3. The second-order valence-corrected chi connectivity index (χ2v) is 8.54. The summed E-state index contributed by atoms with van der Waals surface area (Å²) in [5, 5.41) is 5.67. The maximum atomic E-state index is 12.9. The van der Waals surface area contributed by atoms with Crippen LogP contribution in [0, 0.1) is 6.92 Å². The summed E-state index contributed by atoms with van der Waals surface area (Å²) in [6, 6.07) is 11.0. The molecule has 32 heavy (non-hydrogen) atoms. The number of H-pyrrole nitrogens is 1. The van der Waals surface area contributed by atoms with Gasteiger partial charge in [-0.1, -0.05) is 6.07 Å². The fraction of sp³-hybridized carbons (Fsp3) is 0.208. The van der Waals surface area contributed by atoms with Gasteiger partial charge in [0.15, 0.2) is 0 Å². The zero-order valence-corrected chi connectivity index (χ0v) is 17.6. The number of carbonyl (C=O) groups excluding carboxylic acids is 2. The van der Waals surface area contributed by atoms with Crippen molar-refractivity contribution in [1.29, 1.82) is 0 Å². The largest absolute Gasteiger partial charge is 0.366 e. The van der Waals surface area contributed by atoms with Crippen molar-refractivity contribution in [2.75, 3.05) is 10.7 Å². The third-order valence-electron chi connectivity index (χ3n) is 6.69. The smallest absolute Gasteiger partial charge is 0.248 e. The van der Waals surface area contributed by atoms with Gasteiger partial charge < -0.3 is 16.6 Å². The number of anilines is 2. The first-order valence-corrected chi connectivity index (χ1v) is 10.7. The van der Waals surface area contributed by atoms with E-state index in [0.29, 0.717) is 17.7 Å². The second-order valence-electron chi connectivity index (χ2n) is 8.54. The molecule has 2 aromatic carbocycles. The maximum Gasteiger partial charge on any atom is 0.248 e. The first kappa shape index (κ1) is 18.7. The molecule has 5 N–H and O–H groups in total. The van der Waals surface area contributed by atoms with Crippen LogP contribution in [0.2, 0.25) is 0 Å². The number of rotatable bonds is 2. The molecule has 0 saturated carbocycles. The molecule has 4 aromatic rings. The average molecular weight is 426 g/mol. The normalized spacial score (nSPS) is 14.9. The van der Waals surface area contributed by atoms with Gasteiger partial charge in [0, 0.05) is 27.7 Å². The molecule has 2 aliphatic rings. The van der Waals surface area contributed by atoms with Crippen molar-refractivity contribution in [3.63, 3.8) is 0 Å². The number of nitrogens with two attached hydrogens (primary N) is 2. The van der Waals surface area contributed by atoms with Crippen LogP contribution >= 0.6 is 0 Å². The molecule has 0 bridgehead atoms. The van der Waals surface area contributed by atoms with E-state index in [1.807, 2.05) is 13.0 Å². The number of fused-ring (bicyclic) bond motifs is 6. The summed E-state index contributed by atoms with van der Waals surface area (Å²) in [6.07, 6.45) is 3.15. The molecule has 2 aromatic heterocycles. The first-order valence-electron chi connectivity index (χ1n) is 10.7. The SMILES string of the molecule is Cc1c2c(nn1N)-c1[nH]c3cc4c(cc3c1CCC2)N(c1cccc(C(N)=O)c1)C(=O)C4. The topological polar surface area (TPSA) is 123 Å². The van der Waals surface area contributed by atoms with E-state index in [0.717, 1.165) is 58.5 Å². The number of carbonyl (C=O) groups is 2. The van der Waals surface area contributed by atoms with E-state index in [4.69, 9.17) is 11.6 Å². The molecule has 0 fully saturated rings. The first-order chi connectivity index (χ1) is 15.4. The van der Waals surface area contributed by atoms with Crippen molar-refractivity contribution >= 4 is 34.1 Å². The molecule has 8 heteroatoms. The minimum atomic E-state index is -0.518. The van der Waals surface area contributed by atoms with Crippen molar-refractivity contribution in [1.82, 2.24) is 14.9 Å². The molecule has 6 rings (SSSR count). The molecular weight excluding hydrogens is 404 g/mol. The molecule has 3 heterocycles. The molecule has 160 valence electrons. The Morgan fingerprint density at radius 2 is 1.97 bits per heavy atom. The molecule has 0 atom stereocenters. The van der Waals surface area contributed by atoms with Crippen molar-refractivity contribution in [3.05, 3.63) is 64.3 Å². The standard InChI is InChI=1S/C24H22N6O2/c1-12-16-6-3-7-17-18-11-20-14(9-19(18)27-22(17)23(16)28-30(12)26)10-21(31)29(20)15-5-2-4-13(8-15)24(25)32/h2,4-5,8-9,11,27H,3,6-7,10,26H2,1H3,(H2,25,32). The van der Waals surface area contributed by atoms with Crippen LogP contribution in [0.4, 0.5) is 11.4 Å². The quantitative estimate of drug-likeness (QED) is 0.427. The molecule has 8 nitrogen and oxygen atoms in total. The third-order valence-corrected chi connectivity index (χ3v) is 6.69. The number of aromatic amines is 1. The maximum absolute atomic E-state index is 12.9. The monoisotopic (exact) mass is 426 g/mol. The Bertz CT molecular complexity index is 1460. The summed E-state index contributed by atoms with van der Waals surface area (Å²) in [5.41, 5.74) is 14.5. The number of primary amides is 1. The zero-order chi connectivity index (χ0) is 22.1. The van der Waals surface area contributed by atoms with E-state index in [1.165, 1.54) is 15.9 Å². The predicted molar refractivity (Wildman–Crippen MR) is 122 cm³/mol. The molecule has 0 unspecified atom stereocenters. The van der Waals surface area contributed by atoms with Crippen LogP contribution < -0.4 is 16.5 Å². The highest BCUT2D eigenvalue weighted by atomic mass is 16.2. The second kappa shape index (κ2) is 6.46. The van der Waals surface area contributed by atoms with Crippen LogP contribution in [0.1, 0.15) is 39.2 Å². The summed E-state index contributed by atoms with van der Waals surface area (Å²) < 4.78 is 0. The summed E-state index contributed by atoms with van der Waals surface area (Å²) in [7, 11) is 0. The molecule has 2 amide bonds. The van der Waals surface area contributed by atoms with Gasteiger partial charge in [0.1, 0.15) is 5.69 Å². The van der Waals surface area contributed by atoms with Crippen molar-refractivity contribution < 1.29 is 9.59 Å². The number of nitrogen functional groups attached to an aromatic ring is 1. The summed E-state index contributed by atoms with van der Waals surface area (Å²) in [4.78, 5) is 31.3. The predicted octanol–water partition coefficient (Wildman–Crippen LogP) is 2.86. The molecular formula is C24H22N6O2. The lowest BCUT2D eigenvalue weighted by atomic mass is 10.0. The summed E-state index contributed by atoms with van der Waals surface area (Å²) in [6.45, 7) is 2.00. The fourth-order valence-corrected chi connectivity index (χ4v) is 5.10. The van der Waals surface area contributed by atoms with Gasteiger partial charge in [-0.2, -0.15) is 9.89 Å². The molecule has 0 radical (unpaired) electrons. The Labute approximate surface area is 183 Å². The van der Waals surface area contributed by atoms with Crippen LogP contribution in [0.15, 0.2) is 36.4 Å². The molecule has 0 saturated heterocycles. The van der Waals surface area contributed by atoms with Crippen LogP contribution in [-0.4, -0.2) is 26.7 Å². The third kappa shape index (κ3) is 2.52. The zero-order valence-electron chi connectivity index (χ0n) is 17.6. The van der Waals surface area contributed by atoms with E-state index < -0.39 is 5.91 Å². The van der Waals surface area contributed by atoms with E-state index in [9.17, 15) is 9.59 Å². The van der Waals surface area contributed by atoms with Crippen LogP contribution in [0.3, 0.4) is 0 Å². The number of aryl methyl sites for hydroxylation is 1. The molecule has 1 aliphatic heterocycles. The summed E-state index contributed by atoms with van der Waals surface area (Å²) in [5.74, 6) is 5.50. The van der Waals surface area contributed by atoms with Gasteiger partial charge in [-0.15, -0.1) is 0 Å². The van der Waals surface area contributed by atoms with Crippen molar-refractivity contribution in [3.8, 4) is 11.4 Å². The number of nitrogens with one attached hydrogen (secondary N) is 1. The van der Waals surface area contributed by atoms with Gasteiger partial charge >= 0.3 is 0 Å². The Hall–Kier alpha value is -4.07. The van der Waals surface area contributed by atoms with E-state index in [1.54, 1.807) is 23.1 Å².